The van der Waals surface area contributed by atoms with Crippen molar-refractivity contribution < 1.29 is 14.3 Å². The van der Waals surface area contributed by atoms with Gasteiger partial charge in [0.15, 0.2) is 0 Å². The van der Waals surface area contributed by atoms with Gasteiger partial charge in [0.1, 0.15) is 0 Å². The summed E-state index contributed by atoms with van der Waals surface area (Å²) in [6.07, 6.45) is -0.0599. The molecule has 0 radical (unpaired) electrons. The minimum absolute atomic E-state index is 0.0454. The van der Waals surface area contributed by atoms with Crippen molar-refractivity contribution in [3.05, 3.63) is 12.2 Å². The summed E-state index contributed by atoms with van der Waals surface area (Å²) < 4.78 is 10.3. The maximum Gasteiger partial charge on any atom is 0.525 e. The van der Waals surface area contributed by atoms with Crippen LogP contribution in [0.2, 0.25) is 0 Å². The third-order valence-electron chi connectivity index (χ3n) is 0.932. The fraction of sp³-hybridized carbons (Fsp3) is 0.400. The molecule has 0 aliphatic carbocycles. The van der Waals surface area contributed by atoms with Gasteiger partial charge in [0.05, 0.1) is 0 Å². The summed E-state index contributed by atoms with van der Waals surface area (Å²) in [5.74, 6) is 0. The second-order valence-electron chi connectivity index (χ2n) is 1.82. The highest BCUT2D eigenvalue weighted by Gasteiger charge is 2.27. The molecular formula is C5H6Cl2O3P+. The van der Waals surface area contributed by atoms with Crippen molar-refractivity contribution in [1.82, 2.24) is 0 Å². The first kappa shape index (κ1) is 11.1. The number of allylic oxidation sites excluding steroid dienone is 1. The van der Waals surface area contributed by atoms with Crippen LogP contribution >= 0.6 is 31.2 Å². The summed E-state index contributed by atoms with van der Waals surface area (Å²) in [6.45, 7) is 3.27. The fourth-order valence-corrected chi connectivity index (χ4v) is 1.00. The maximum absolute atomic E-state index is 10.3. The first-order chi connectivity index (χ1) is 4.95. The van der Waals surface area contributed by atoms with Crippen LogP contribution in [0.25, 0.3) is 0 Å². The average Bonchev–Trinajstić information content (AvgIpc) is 1.87. The van der Waals surface area contributed by atoms with E-state index in [4.69, 9.17) is 28.1 Å². The Hall–Kier alpha value is 0.0500. The molecule has 2 unspecified atom stereocenters. The summed E-state index contributed by atoms with van der Waals surface area (Å²) in [7, 11) is -2.48. The van der Waals surface area contributed by atoms with Gasteiger partial charge >= 0.3 is 8.03 Å². The first-order valence-corrected chi connectivity index (χ1v) is 4.71. The molecule has 0 saturated heterocycles. The molecule has 11 heavy (non-hydrogen) atoms. The molecule has 0 aromatic carbocycles. The highest BCUT2D eigenvalue weighted by atomic mass is 35.5. The number of hydrogen-bond acceptors (Lipinski definition) is 2. The van der Waals surface area contributed by atoms with E-state index in [9.17, 15) is 9.36 Å². The van der Waals surface area contributed by atoms with Crippen molar-refractivity contribution in [1.29, 1.82) is 0 Å². The predicted octanol–water partition coefficient (Wildman–Crippen LogP) is 2.00. The van der Waals surface area contributed by atoms with E-state index in [2.05, 4.69) is 6.58 Å². The Kier molecular flexibility index (Phi) is 4.86. The molecule has 0 fully saturated rings. The predicted molar refractivity (Wildman–Crippen MR) is 44.1 cm³/mol. The zero-order chi connectivity index (χ0) is 9.02. The molecule has 0 rings (SSSR count). The maximum atomic E-state index is 10.3. The van der Waals surface area contributed by atoms with Crippen LogP contribution in [-0.4, -0.2) is 15.3 Å². The van der Waals surface area contributed by atoms with Gasteiger partial charge in [-0.2, -0.15) is 4.89 Å². The van der Waals surface area contributed by atoms with Crippen molar-refractivity contribution >= 4 is 36.5 Å². The van der Waals surface area contributed by atoms with Gasteiger partial charge in [-0.1, -0.05) is 18.2 Å². The summed E-state index contributed by atoms with van der Waals surface area (Å²) in [5, 5.41) is -1.72. The molecule has 3 nitrogen and oxygen atoms in total. The smallest absolute Gasteiger partial charge is 0.276 e. The van der Waals surface area contributed by atoms with Crippen LogP contribution < -0.4 is 0 Å². The average molecular weight is 216 g/mol. The van der Waals surface area contributed by atoms with Crippen molar-refractivity contribution in [2.24, 2.45) is 0 Å². The lowest BCUT2D eigenvalue weighted by Gasteiger charge is -1.94. The van der Waals surface area contributed by atoms with Gasteiger partial charge in [0, 0.05) is 12.0 Å². The molecular weight excluding hydrogens is 210 g/mol. The van der Waals surface area contributed by atoms with Gasteiger partial charge in [-0.05, 0) is 16.2 Å². The molecule has 0 spiro atoms. The molecule has 0 heterocycles. The summed E-state index contributed by atoms with van der Waals surface area (Å²) in [6, 6.07) is 0. The van der Waals surface area contributed by atoms with Gasteiger partial charge in [-0.15, -0.1) is 0 Å². The number of rotatable bonds is 4. The standard InChI is InChI=1S/C5H5Cl2O3P/c1-3(5(7)8)2-4(6)11(9)10/h4H,1-2H2/p+1. The number of carbonyl (C=O) groups is 1. The van der Waals surface area contributed by atoms with Gasteiger partial charge in [0.2, 0.25) is 5.24 Å². The van der Waals surface area contributed by atoms with Crippen LogP contribution in [0.1, 0.15) is 6.42 Å². The molecule has 6 heteroatoms. The molecule has 0 aliphatic rings. The normalized spacial score (nSPS) is 13.9. The molecule has 0 aromatic heterocycles. The summed E-state index contributed by atoms with van der Waals surface area (Å²) >= 11 is 10.4. The van der Waals surface area contributed by atoms with Crippen LogP contribution in [0.15, 0.2) is 12.2 Å². The highest BCUT2D eigenvalue weighted by molar-refractivity contribution is 7.41. The number of halogens is 2. The van der Waals surface area contributed by atoms with Gasteiger partial charge in [-0.3, -0.25) is 4.79 Å². The number of alkyl halides is 1. The molecule has 2 atom stereocenters. The fourth-order valence-electron chi connectivity index (χ4n) is 0.362. The molecule has 0 saturated carbocycles. The lowest BCUT2D eigenvalue weighted by Crippen LogP contribution is -1.99. The van der Waals surface area contributed by atoms with Crippen LogP contribution in [0.4, 0.5) is 0 Å². The third kappa shape index (κ3) is 4.49. The number of hydrogen-bond donors (Lipinski definition) is 1. The van der Waals surface area contributed by atoms with Gasteiger partial charge in [-0.25, -0.2) is 0 Å². The van der Waals surface area contributed by atoms with Crippen LogP contribution in [0.3, 0.4) is 0 Å². The van der Waals surface area contributed by atoms with Crippen LogP contribution in [-0.2, 0) is 9.36 Å². The van der Waals surface area contributed by atoms with Crippen LogP contribution in [0, 0.1) is 0 Å². The van der Waals surface area contributed by atoms with E-state index in [1.807, 2.05) is 0 Å². The van der Waals surface area contributed by atoms with Crippen molar-refractivity contribution in [2.45, 2.75) is 11.5 Å². The Balaban J connectivity index is 3.95. The first-order valence-electron chi connectivity index (χ1n) is 2.62. The zero-order valence-electron chi connectivity index (χ0n) is 5.46. The van der Waals surface area contributed by atoms with Gasteiger partial charge in [0.25, 0.3) is 5.12 Å². The zero-order valence-corrected chi connectivity index (χ0v) is 7.86. The summed E-state index contributed by atoms with van der Waals surface area (Å²) in [4.78, 5) is 18.8. The van der Waals surface area contributed by atoms with E-state index >= 15 is 0 Å². The van der Waals surface area contributed by atoms with Crippen molar-refractivity contribution in [3.63, 3.8) is 0 Å². The monoisotopic (exact) mass is 215 g/mol. The Morgan fingerprint density at radius 2 is 2.18 bits per heavy atom. The van der Waals surface area contributed by atoms with E-state index in [0.717, 1.165) is 0 Å². The van der Waals surface area contributed by atoms with Crippen LogP contribution in [0.5, 0.6) is 0 Å². The molecule has 0 aliphatic heterocycles. The van der Waals surface area contributed by atoms with Crippen molar-refractivity contribution in [3.8, 4) is 0 Å². The van der Waals surface area contributed by atoms with E-state index < -0.39 is 18.4 Å². The molecule has 0 bridgehead atoms. The molecule has 0 aromatic rings. The quantitative estimate of drug-likeness (QED) is 0.338. The molecule has 0 amide bonds. The summed E-state index contributed by atoms with van der Waals surface area (Å²) in [5.41, 5.74) is 0.0454. The lowest BCUT2D eigenvalue weighted by atomic mass is 10.3. The topological polar surface area (TPSA) is 54.4 Å². The Labute approximate surface area is 74.9 Å². The highest BCUT2D eigenvalue weighted by Crippen LogP contribution is 2.31. The number of carbonyl (C=O) groups excluding carboxylic acids is 1. The Morgan fingerprint density at radius 1 is 1.73 bits per heavy atom. The Morgan fingerprint density at radius 3 is 2.45 bits per heavy atom. The van der Waals surface area contributed by atoms with Gasteiger partial charge < -0.3 is 0 Å². The third-order valence-corrected chi connectivity index (χ3v) is 2.52. The van der Waals surface area contributed by atoms with E-state index in [1.165, 1.54) is 0 Å². The Bertz CT molecular complexity index is 204. The minimum atomic E-state index is -2.48. The minimum Gasteiger partial charge on any atom is -0.276 e. The largest absolute Gasteiger partial charge is 0.525 e. The molecule has 1 N–H and O–H groups in total. The second kappa shape index (κ2) is 4.83. The lowest BCUT2D eigenvalue weighted by molar-refractivity contribution is -0.108. The van der Waals surface area contributed by atoms with E-state index in [1.54, 1.807) is 0 Å². The van der Waals surface area contributed by atoms with Crippen molar-refractivity contribution in [2.75, 3.05) is 0 Å². The second-order valence-corrected chi connectivity index (χ2v) is 4.22. The molecule has 62 valence electrons. The van der Waals surface area contributed by atoms with E-state index in [0.29, 0.717) is 0 Å². The SMILES string of the molecule is C=C(CC(Cl)[P+](=O)O)C(=O)Cl. The van der Waals surface area contributed by atoms with E-state index in [-0.39, 0.29) is 12.0 Å².